The van der Waals surface area contributed by atoms with Crippen molar-refractivity contribution in [3.8, 4) is 23.0 Å². The van der Waals surface area contributed by atoms with Crippen LogP contribution in [-0.4, -0.2) is 44.0 Å². The second-order valence-corrected chi connectivity index (χ2v) is 6.78. The summed E-state index contributed by atoms with van der Waals surface area (Å²) in [6.45, 7) is 2.15. The Morgan fingerprint density at radius 2 is 1.72 bits per heavy atom. The van der Waals surface area contributed by atoms with Crippen molar-refractivity contribution in [2.45, 2.75) is 25.8 Å². The molecular weight excluding hydrogens is 394 g/mol. The molecule has 29 heavy (non-hydrogen) atoms. The lowest BCUT2D eigenvalue weighted by molar-refractivity contribution is -0.145. The molecule has 7 nitrogen and oxygen atoms in total. The van der Waals surface area contributed by atoms with E-state index in [-0.39, 0.29) is 41.0 Å². The molecular formula is C21H23NO6S. The maximum Gasteiger partial charge on any atom is 0.328 e. The molecule has 0 fully saturated rings. The van der Waals surface area contributed by atoms with Crippen LogP contribution in [0.1, 0.15) is 24.5 Å². The third-order valence-corrected chi connectivity index (χ3v) is 4.21. The first-order valence-electron chi connectivity index (χ1n) is 8.98. The van der Waals surface area contributed by atoms with Crippen LogP contribution >= 0.6 is 12.2 Å². The van der Waals surface area contributed by atoms with Crippen molar-refractivity contribution >= 4 is 29.3 Å². The van der Waals surface area contributed by atoms with Crippen LogP contribution in [0.3, 0.4) is 0 Å². The SMILES string of the molecule is CCCOC(=O)C(Cc1ccc(O)c(O)c1)NC(=S)C=Cc1ccc(O)c(O)c1. The lowest BCUT2D eigenvalue weighted by Crippen LogP contribution is -2.42. The molecule has 5 N–H and O–H groups in total. The first kappa shape index (κ1) is 22.0. The zero-order valence-corrected chi connectivity index (χ0v) is 16.6. The third-order valence-electron chi connectivity index (χ3n) is 3.96. The molecule has 0 spiro atoms. The standard InChI is InChI=1S/C21H23NO6S/c1-2-9-28-21(27)15(10-14-4-7-17(24)19(26)12-14)22-20(29)8-5-13-3-6-16(23)18(25)11-13/h3-8,11-12,15,23-26H,2,9-10H2,1H3,(H,22,29). The van der Waals surface area contributed by atoms with Crippen LogP contribution in [0.5, 0.6) is 23.0 Å². The van der Waals surface area contributed by atoms with Gasteiger partial charge in [0, 0.05) is 6.42 Å². The van der Waals surface area contributed by atoms with Crippen LogP contribution in [0.25, 0.3) is 6.08 Å². The number of aromatic hydroxyl groups is 4. The summed E-state index contributed by atoms with van der Waals surface area (Å²) >= 11 is 5.28. The maximum absolute atomic E-state index is 12.4. The number of nitrogens with one attached hydrogen (secondary N) is 1. The normalized spacial score (nSPS) is 11.9. The van der Waals surface area contributed by atoms with E-state index in [1.165, 1.54) is 24.3 Å². The van der Waals surface area contributed by atoms with Gasteiger partial charge in [-0.25, -0.2) is 4.79 Å². The summed E-state index contributed by atoms with van der Waals surface area (Å²) < 4.78 is 5.21. The Hall–Kier alpha value is -3.26. The molecule has 0 saturated heterocycles. The van der Waals surface area contributed by atoms with E-state index in [9.17, 15) is 25.2 Å². The first-order chi connectivity index (χ1) is 13.8. The topological polar surface area (TPSA) is 119 Å². The molecule has 2 aromatic carbocycles. The van der Waals surface area contributed by atoms with Gasteiger partial charge in [0.15, 0.2) is 23.0 Å². The molecule has 0 bridgehead atoms. The molecule has 2 aromatic rings. The van der Waals surface area contributed by atoms with E-state index < -0.39 is 12.0 Å². The summed E-state index contributed by atoms with van der Waals surface area (Å²) in [5.74, 6) is -1.49. The minimum Gasteiger partial charge on any atom is -0.504 e. The molecule has 0 saturated carbocycles. The number of benzene rings is 2. The number of carbonyl (C=O) groups is 1. The van der Waals surface area contributed by atoms with Crippen molar-refractivity contribution in [3.63, 3.8) is 0 Å². The number of ether oxygens (including phenoxy) is 1. The number of carbonyl (C=O) groups excluding carboxylic acids is 1. The molecule has 0 aliphatic heterocycles. The molecule has 8 heteroatoms. The second kappa shape index (κ2) is 10.3. The highest BCUT2D eigenvalue weighted by molar-refractivity contribution is 7.80. The number of phenolic OH excluding ortho intramolecular Hbond substituents is 4. The van der Waals surface area contributed by atoms with Crippen LogP contribution < -0.4 is 5.32 Å². The number of hydrogen-bond acceptors (Lipinski definition) is 7. The highest BCUT2D eigenvalue weighted by Crippen LogP contribution is 2.26. The van der Waals surface area contributed by atoms with Gasteiger partial charge in [0.1, 0.15) is 6.04 Å². The molecule has 1 unspecified atom stereocenters. The number of esters is 1. The average Bonchev–Trinajstić information content (AvgIpc) is 2.69. The van der Waals surface area contributed by atoms with Gasteiger partial charge in [-0.05, 0) is 47.9 Å². The van der Waals surface area contributed by atoms with E-state index in [4.69, 9.17) is 17.0 Å². The minimum atomic E-state index is -0.795. The van der Waals surface area contributed by atoms with Gasteiger partial charge in [0.2, 0.25) is 0 Å². The van der Waals surface area contributed by atoms with Gasteiger partial charge in [-0.1, -0.05) is 37.4 Å². The molecule has 154 valence electrons. The van der Waals surface area contributed by atoms with Gasteiger partial charge in [-0.3, -0.25) is 0 Å². The van der Waals surface area contributed by atoms with Crippen LogP contribution in [-0.2, 0) is 16.0 Å². The molecule has 0 radical (unpaired) electrons. The zero-order chi connectivity index (χ0) is 21.4. The average molecular weight is 417 g/mol. The maximum atomic E-state index is 12.4. The Balaban J connectivity index is 2.11. The first-order valence-corrected chi connectivity index (χ1v) is 9.39. The van der Waals surface area contributed by atoms with Crippen molar-refractivity contribution in [3.05, 3.63) is 53.6 Å². The van der Waals surface area contributed by atoms with Crippen LogP contribution in [0.2, 0.25) is 0 Å². The Bertz CT molecular complexity index is 912. The van der Waals surface area contributed by atoms with E-state index in [0.717, 1.165) is 0 Å². The summed E-state index contributed by atoms with van der Waals surface area (Å²) in [5, 5.41) is 40.9. The smallest absolute Gasteiger partial charge is 0.328 e. The van der Waals surface area contributed by atoms with Crippen LogP contribution in [0, 0.1) is 0 Å². The largest absolute Gasteiger partial charge is 0.504 e. The van der Waals surface area contributed by atoms with E-state index in [1.807, 2.05) is 6.92 Å². The van der Waals surface area contributed by atoms with Crippen molar-refractivity contribution in [1.29, 1.82) is 0 Å². The van der Waals surface area contributed by atoms with Crippen molar-refractivity contribution < 1.29 is 30.0 Å². The van der Waals surface area contributed by atoms with Gasteiger partial charge >= 0.3 is 5.97 Å². The lowest BCUT2D eigenvalue weighted by atomic mass is 10.1. The van der Waals surface area contributed by atoms with Gasteiger partial charge in [-0.15, -0.1) is 0 Å². The fourth-order valence-electron chi connectivity index (χ4n) is 2.46. The number of rotatable bonds is 8. The third kappa shape index (κ3) is 6.69. The summed E-state index contributed by atoms with van der Waals surface area (Å²) in [6.07, 6.45) is 4.03. The van der Waals surface area contributed by atoms with Crippen LogP contribution in [0.15, 0.2) is 42.5 Å². The Kier molecular flexibility index (Phi) is 7.85. The monoisotopic (exact) mass is 417 g/mol. The summed E-state index contributed by atoms with van der Waals surface area (Å²) in [6, 6.07) is 7.84. The van der Waals surface area contributed by atoms with E-state index >= 15 is 0 Å². The quantitative estimate of drug-likeness (QED) is 0.192. The molecule has 1 atom stereocenters. The Labute approximate surface area is 173 Å². The van der Waals surface area contributed by atoms with Gasteiger partial charge in [-0.2, -0.15) is 0 Å². The summed E-state index contributed by atoms with van der Waals surface area (Å²) in [7, 11) is 0. The van der Waals surface area contributed by atoms with Crippen molar-refractivity contribution in [2.75, 3.05) is 6.61 Å². The van der Waals surface area contributed by atoms with E-state index in [0.29, 0.717) is 17.5 Å². The molecule has 0 heterocycles. The van der Waals surface area contributed by atoms with E-state index in [2.05, 4.69) is 5.32 Å². The second-order valence-electron chi connectivity index (χ2n) is 6.34. The lowest BCUT2D eigenvalue weighted by Gasteiger charge is -2.18. The molecule has 0 aliphatic carbocycles. The summed E-state index contributed by atoms with van der Waals surface area (Å²) in [4.78, 5) is 12.7. The fourth-order valence-corrected chi connectivity index (χ4v) is 2.67. The Morgan fingerprint density at radius 1 is 1.07 bits per heavy atom. The zero-order valence-electron chi connectivity index (χ0n) is 15.8. The molecule has 2 rings (SSSR count). The highest BCUT2D eigenvalue weighted by atomic mass is 32.1. The van der Waals surface area contributed by atoms with Gasteiger partial charge < -0.3 is 30.5 Å². The van der Waals surface area contributed by atoms with Crippen molar-refractivity contribution in [1.82, 2.24) is 5.32 Å². The Morgan fingerprint density at radius 3 is 2.34 bits per heavy atom. The molecule has 0 aromatic heterocycles. The fraction of sp³-hybridized carbons (Fsp3) is 0.238. The summed E-state index contributed by atoms with van der Waals surface area (Å²) in [5.41, 5.74) is 1.22. The van der Waals surface area contributed by atoms with E-state index in [1.54, 1.807) is 24.3 Å². The predicted molar refractivity (Wildman–Crippen MR) is 113 cm³/mol. The van der Waals surface area contributed by atoms with Gasteiger partial charge in [0.25, 0.3) is 0 Å². The minimum absolute atomic E-state index is 0.185. The highest BCUT2D eigenvalue weighted by Gasteiger charge is 2.21. The number of thiocarbonyl (C=S) groups is 1. The molecule has 0 amide bonds. The van der Waals surface area contributed by atoms with Gasteiger partial charge in [0.05, 0.1) is 11.6 Å². The van der Waals surface area contributed by atoms with Crippen molar-refractivity contribution in [2.24, 2.45) is 0 Å². The van der Waals surface area contributed by atoms with Crippen LogP contribution in [0.4, 0.5) is 0 Å². The predicted octanol–water partition coefficient (Wildman–Crippen LogP) is 3.00. The molecule has 0 aliphatic rings. The number of hydrogen-bond donors (Lipinski definition) is 5. The number of phenols is 4.